The smallest absolute Gasteiger partial charge is 0.229 e. The number of rotatable bonds is 16. The van der Waals surface area contributed by atoms with Crippen molar-refractivity contribution in [1.29, 1.82) is 0 Å². The van der Waals surface area contributed by atoms with Crippen molar-refractivity contribution in [3.63, 3.8) is 0 Å². The van der Waals surface area contributed by atoms with Crippen molar-refractivity contribution in [2.75, 3.05) is 62.0 Å². The van der Waals surface area contributed by atoms with Crippen LogP contribution in [0.2, 0.25) is 15.3 Å². The second-order valence-electron chi connectivity index (χ2n) is 21.1. The van der Waals surface area contributed by atoms with Gasteiger partial charge in [-0.05, 0) is 163 Å². The molecule has 0 amide bonds. The summed E-state index contributed by atoms with van der Waals surface area (Å²) in [5, 5.41) is 18.2. The molecule has 6 heterocycles. The molecule has 20 nitrogen and oxygen atoms in total. The number of nitrogens with two attached hydrogens (primary N) is 1. The Balaban J connectivity index is 0.000000176. The van der Waals surface area contributed by atoms with E-state index in [9.17, 15) is 16.8 Å². The Morgan fingerprint density at radius 2 is 1.05 bits per heavy atom. The van der Waals surface area contributed by atoms with Crippen LogP contribution in [0.15, 0.2) is 69.2 Å². The molecule has 2 aliphatic carbocycles. The molecule has 0 bridgehead atoms. The van der Waals surface area contributed by atoms with Crippen molar-refractivity contribution in [3.05, 3.63) is 96.7 Å². The zero-order valence-corrected chi connectivity index (χ0v) is 52.1. The topological polar surface area (TPSA) is 243 Å². The van der Waals surface area contributed by atoms with Gasteiger partial charge in [-0.15, -0.1) is 0 Å². The van der Waals surface area contributed by atoms with Gasteiger partial charge in [0.1, 0.15) is 21.5 Å². The molecular formula is C54H67Cl5N14O6S2. The average Bonchev–Trinajstić information content (AvgIpc) is 4.46. The van der Waals surface area contributed by atoms with E-state index >= 15 is 0 Å². The van der Waals surface area contributed by atoms with Crippen LogP contribution in [0.5, 0.6) is 11.5 Å². The first kappa shape index (κ1) is 61.6. The second-order valence-corrected chi connectivity index (χ2v) is 28.0. The molecule has 0 unspecified atom stereocenters. The molecular weight excluding hydrogens is 1180 g/mol. The number of sulfone groups is 2. The average molecular weight is 1250 g/mol. The summed E-state index contributed by atoms with van der Waals surface area (Å²) in [4.78, 5) is 21.0. The summed E-state index contributed by atoms with van der Waals surface area (Å²) in [6, 6.07) is 8.14. The van der Waals surface area contributed by atoms with Crippen LogP contribution < -0.4 is 31.2 Å². The van der Waals surface area contributed by atoms with Crippen molar-refractivity contribution in [3.8, 4) is 11.5 Å². The van der Waals surface area contributed by atoms with Gasteiger partial charge in [0.05, 0.1) is 57.9 Å². The van der Waals surface area contributed by atoms with Crippen LogP contribution in [0, 0.1) is 13.8 Å². The zero-order valence-electron chi connectivity index (χ0n) is 46.7. The number of hydrogen-bond acceptors (Lipinski definition) is 18. The second kappa shape index (κ2) is 25.6. The number of anilines is 7. The standard InChI is InChI=1S/C27H33Cl2N7O3S.C16H21ClN2O.C11H13Cl2N5O2S/c1-15(2)40(37,38)26-23(14-36(5)34-26)31-25-20(28)12-30-27(33-25)32-22-10-16(3)19(11-24(22)39-17-6-7-17)18-8-9-35(4)13-21(18)29;1-10-7-15(18)16(20-11-3-4-11)8-13(10)12-5-6-19(2)9-14(12)17;1-6(2)21(19,20)10-8(5-18(3)17-10)15-9-7(12)4-14-11(13)16-9/h10-12,14-15,17H,6-9,13H2,1-5H3,(H2,30,31,32,33);7-8,11H,3-6,9,18H2,1-2H3;4-6H,1-3H3,(H,14,15,16). The first-order valence-corrected chi connectivity index (χ1v) is 31.2. The number of nitrogens with zero attached hydrogens (tertiary/aromatic N) is 10. The van der Waals surface area contributed by atoms with Crippen molar-refractivity contribution in [2.45, 2.75) is 113 Å². The van der Waals surface area contributed by atoms with Crippen LogP contribution >= 0.6 is 58.0 Å². The van der Waals surface area contributed by atoms with Crippen molar-refractivity contribution >= 4 is 129 Å². The summed E-state index contributed by atoms with van der Waals surface area (Å²) in [5.74, 6) is 2.24. The van der Waals surface area contributed by atoms with Crippen LogP contribution in [0.4, 0.5) is 40.3 Å². The summed E-state index contributed by atoms with van der Waals surface area (Å²) in [6.45, 7) is 14.0. The van der Waals surface area contributed by atoms with E-state index in [1.54, 1.807) is 48.0 Å². The minimum absolute atomic E-state index is 0.000873. The molecule has 0 atom stereocenters. The summed E-state index contributed by atoms with van der Waals surface area (Å²) in [7, 11) is 0.248. The molecule has 4 aromatic heterocycles. The van der Waals surface area contributed by atoms with Gasteiger partial charge in [-0.25, -0.2) is 26.8 Å². The molecule has 0 spiro atoms. The van der Waals surface area contributed by atoms with Gasteiger partial charge in [-0.1, -0.05) is 46.4 Å². The number of ether oxygens (including phenoxy) is 2. The van der Waals surface area contributed by atoms with Crippen LogP contribution in [0.3, 0.4) is 0 Å². The number of aryl methyl sites for hydroxylation is 4. The Morgan fingerprint density at radius 3 is 1.52 bits per heavy atom. The lowest BCUT2D eigenvalue weighted by atomic mass is 9.94. The third kappa shape index (κ3) is 15.2. The van der Waals surface area contributed by atoms with E-state index in [0.29, 0.717) is 11.9 Å². The maximum Gasteiger partial charge on any atom is 0.229 e. The molecule has 81 heavy (non-hydrogen) atoms. The van der Waals surface area contributed by atoms with Crippen LogP contribution in [0.1, 0.15) is 88.5 Å². The monoisotopic (exact) mass is 1250 g/mol. The highest BCUT2D eigenvalue weighted by molar-refractivity contribution is 7.92. The third-order valence-electron chi connectivity index (χ3n) is 13.5. The fourth-order valence-electron chi connectivity index (χ4n) is 8.64. The Morgan fingerprint density at radius 1 is 0.605 bits per heavy atom. The Bertz CT molecular complexity index is 3620. The van der Waals surface area contributed by atoms with E-state index in [-0.39, 0.29) is 60.4 Å². The molecule has 0 saturated heterocycles. The zero-order chi connectivity index (χ0) is 58.8. The van der Waals surface area contributed by atoms with Gasteiger partial charge in [0.2, 0.25) is 41.0 Å². The van der Waals surface area contributed by atoms with Crippen molar-refractivity contribution < 1.29 is 26.3 Å². The van der Waals surface area contributed by atoms with Crippen molar-refractivity contribution in [2.24, 2.45) is 14.1 Å². The minimum Gasteiger partial charge on any atom is -0.488 e. The number of nitrogen functional groups attached to an aromatic ring is 1. The Hall–Kier alpha value is -5.43. The van der Waals surface area contributed by atoms with Gasteiger partial charge in [-0.2, -0.15) is 20.2 Å². The molecule has 10 rings (SSSR count). The first-order valence-electron chi connectivity index (χ1n) is 26.3. The number of nitrogens with one attached hydrogen (secondary N) is 3. The van der Waals surface area contributed by atoms with Gasteiger partial charge < -0.3 is 41.0 Å². The van der Waals surface area contributed by atoms with E-state index < -0.39 is 30.2 Å². The van der Waals surface area contributed by atoms with Crippen LogP contribution in [-0.2, 0) is 33.8 Å². The van der Waals surface area contributed by atoms with Gasteiger partial charge in [-0.3, -0.25) is 9.36 Å². The van der Waals surface area contributed by atoms with Gasteiger partial charge in [0.25, 0.3) is 0 Å². The first-order chi connectivity index (χ1) is 38.2. The van der Waals surface area contributed by atoms with E-state index in [1.165, 1.54) is 44.7 Å². The van der Waals surface area contributed by atoms with Crippen LogP contribution in [-0.4, -0.2) is 129 Å². The predicted molar refractivity (Wildman–Crippen MR) is 324 cm³/mol. The molecule has 0 radical (unpaired) electrons. The molecule has 2 aliphatic heterocycles. The Kier molecular flexibility index (Phi) is 19.5. The number of aromatic nitrogens is 8. The highest BCUT2D eigenvalue weighted by Gasteiger charge is 2.31. The van der Waals surface area contributed by atoms with E-state index in [0.717, 1.165) is 109 Å². The molecule has 6 aromatic rings. The largest absolute Gasteiger partial charge is 0.488 e. The third-order valence-corrected chi connectivity index (χ3v) is 19.1. The predicted octanol–water partition coefficient (Wildman–Crippen LogP) is 11.5. The van der Waals surface area contributed by atoms with E-state index in [1.807, 2.05) is 25.1 Å². The number of halogens is 5. The SMILES string of the molecule is CC(C)S(=O)(=O)c1nn(C)cc1Nc1nc(Cl)ncc1Cl.Cc1cc(N)c(OC2CC2)cc1C1=C(Cl)CN(C)CC1.Cc1cc(Nc2ncc(Cl)c(Nc3cn(C)nc3S(=O)(=O)C(C)C)n2)c(OC2CC2)cc1C1=C(Cl)CN(C)CC1. The maximum atomic E-state index is 12.9. The minimum atomic E-state index is -3.64. The maximum absolute atomic E-state index is 12.9. The number of benzene rings is 2. The lowest BCUT2D eigenvalue weighted by Crippen LogP contribution is -2.26. The van der Waals surface area contributed by atoms with Gasteiger partial charge >= 0.3 is 0 Å². The lowest BCUT2D eigenvalue weighted by Gasteiger charge is -2.26. The lowest BCUT2D eigenvalue weighted by molar-refractivity contribution is 0.304. The number of hydrogen-bond donors (Lipinski definition) is 4. The van der Waals surface area contributed by atoms with Crippen LogP contribution in [0.25, 0.3) is 11.1 Å². The summed E-state index contributed by atoms with van der Waals surface area (Å²) in [6.07, 6.45) is 12.5. The molecule has 2 saturated carbocycles. The highest BCUT2D eigenvalue weighted by atomic mass is 35.5. The van der Waals surface area contributed by atoms with Gasteiger partial charge in [0.15, 0.2) is 11.6 Å². The summed E-state index contributed by atoms with van der Waals surface area (Å²) < 4.78 is 65.4. The fourth-order valence-corrected chi connectivity index (χ4v) is 12.0. The van der Waals surface area contributed by atoms with E-state index in [4.69, 9.17) is 73.2 Å². The molecule has 2 aromatic carbocycles. The highest BCUT2D eigenvalue weighted by Crippen LogP contribution is 2.42. The van der Waals surface area contributed by atoms with E-state index in [2.05, 4.69) is 83.0 Å². The fraction of sp³-hybridized carbons (Fsp3) is 0.444. The molecule has 436 valence electrons. The summed E-state index contributed by atoms with van der Waals surface area (Å²) >= 11 is 31.2. The molecule has 27 heteroatoms. The quantitative estimate of drug-likeness (QED) is 0.0520. The molecule has 2 fully saturated rings. The molecule has 4 aliphatic rings. The van der Waals surface area contributed by atoms with Crippen molar-refractivity contribution in [1.82, 2.24) is 49.3 Å². The molecule has 5 N–H and O–H groups in total. The normalized spacial score (nSPS) is 16.3. The summed E-state index contributed by atoms with van der Waals surface area (Å²) in [5.41, 5.74) is 14.9. The number of likely N-dealkylation sites (N-methyl/N-ethyl adjacent to an activating group) is 2. The van der Waals surface area contributed by atoms with Gasteiger partial charge in [0, 0.05) is 62.7 Å². The Labute approximate surface area is 498 Å².